The van der Waals surface area contributed by atoms with Crippen molar-refractivity contribution < 1.29 is 32.5 Å². The van der Waals surface area contributed by atoms with Gasteiger partial charge in [0.25, 0.3) is 0 Å². The Balaban J connectivity index is 1.31. The molecule has 12 heteroatoms. The Morgan fingerprint density at radius 1 is 1.05 bits per heavy atom. The van der Waals surface area contributed by atoms with E-state index in [9.17, 15) is 14.3 Å². The molecular formula is C32H26ClF3N4O4. The number of benzene rings is 2. The maximum atomic E-state index is 15.6. The molecule has 1 unspecified atom stereocenters. The zero-order valence-corrected chi connectivity index (χ0v) is 24.4. The van der Waals surface area contributed by atoms with Gasteiger partial charge in [0.05, 0.1) is 41.5 Å². The van der Waals surface area contributed by atoms with Crippen LogP contribution in [0.4, 0.5) is 13.2 Å². The SMILES string of the molecule is CC1(C)COCC1n1c(Cc2cc(F)c(-c3cccc(OCc4ccc(Cl)nc4F)n3)cc2F)nc2ccc(C(=O)O)cc21. The molecule has 0 amide bonds. The smallest absolute Gasteiger partial charge is 0.335 e. The van der Waals surface area contributed by atoms with Crippen LogP contribution in [-0.4, -0.2) is 43.8 Å². The summed E-state index contributed by atoms with van der Waals surface area (Å²) in [6.45, 7) is 4.71. The van der Waals surface area contributed by atoms with Crippen molar-refractivity contribution in [3.8, 4) is 17.1 Å². The first-order valence-corrected chi connectivity index (χ1v) is 14.1. The third-order valence-electron chi connectivity index (χ3n) is 7.72. The van der Waals surface area contributed by atoms with Crippen LogP contribution in [0.25, 0.3) is 22.3 Å². The van der Waals surface area contributed by atoms with Gasteiger partial charge in [0.2, 0.25) is 11.8 Å². The zero-order chi connectivity index (χ0) is 31.2. The van der Waals surface area contributed by atoms with Gasteiger partial charge in [0.1, 0.15) is 29.2 Å². The van der Waals surface area contributed by atoms with E-state index < -0.39 is 23.6 Å². The van der Waals surface area contributed by atoms with E-state index in [4.69, 9.17) is 26.1 Å². The fourth-order valence-electron chi connectivity index (χ4n) is 5.36. The number of fused-ring (bicyclic) bond motifs is 1. The number of hydrogen-bond acceptors (Lipinski definition) is 6. The lowest BCUT2D eigenvalue weighted by Crippen LogP contribution is -2.27. The van der Waals surface area contributed by atoms with E-state index in [1.54, 1.807) is 18.2 Å². The summed E-state index contributed by atoms with van der Waals surface area (Å²) in [6.07, 6.45) is -0.0516. The molecule has 5 aromatic rings. The summed E-state index contributed by atoms with van der Waals surface area (Å²) in [5.41, 5.74) is 1.16. The number of ether oxygens (including phenoxy) is 2. The highest BCUT2D eigenvalue weighted by atomic mass is 35.5. The van der Waals surface area contributed by atoms with Crippen molar-refractivity contribution in [3.05, 3.63) is 106 Å². The molecule has 4 heterocycles. The summed E-state index contributed by atoms with van der Waals surface area (Å²) in [5, 5.41) is 9.58. The third kappa shape index (κ3) is 5.72. The Morgan fingerprint density at radius 2 is 1.86 bits per heavy atom. The second-order valence-electron chi connectivity index (χ2n) is 11.3. The minimum absolute atomic E-state index is 0.00767. The quantitative estimate of drug-likeness (QED) is 0.186. The predicted octanol–water partition coefficient (Wildman–Crippen LogP) is 7.03. The highest BCUT2D eigenvalue weighted by Gasteiger charge is 2.39. The summed E-state index contributed by atoms with van der Waals surface area (Å²) in [6, 6.07) is 14.0. The van der Waals surface area contributed by atoms with Crippen molar-refractivity contribution >= 4 is 28.6 Å². The molecule has 226 valence electrons. The molecule has 1 aliphatic heterocycles. The van der Waals surface area contributed by atoms with E-state index >= 15 is 8.78 Å². The first kappa shape index (κ1) is 29.6. The van der Waals surface area contributed by atoms with Gasteiger partial charge < -0.3 is 19.1 Å². The minimum Gasteiger partial charge on any atom is -0.478 e. The van der Waals surface area contributed by atoms with E-state index in [1.165, 1.54) is 30.3 Å². The van der Waals surface area contributed by atoms with Crippen molar-refractivity contribution in [2.45, 2.75) is 32.9 Å². The fourth-order valence-corrected chi connectivity index (χ4v) is 5.50. The van der Waals surface area contributed by atoms with Crippen LogP contribution in [0.1, 0.15) is 47.2 Å². The number of nitrogens with zero attached hydrogens (tertiary/aromatic N) is 4. The number of pyridine rings is 2. The van der Waals surface area contributed by atoms with Crippen LogP contribution in [0.5, 0.6) is 5.88 Å². The number of rotatable bonds is 8. The first-order chi connectivity index (χ1) is 21.0. The number of imidazole rings is 1. The summed E-state index contributed by atoms with van der Waals surface area (Å²) in [5.74, 6) is -2.71. The Hall–Kier alpha value is -4.48. The van der Waals surface area contributed by atoms with Gasteiger partial charge in [-0.1, -0.05) is 31.5 Å². The van der Waals surface area contributed by atoms with Gasteiger partial charge in [0, 0.05) is 29.0 Å². The topological polar surface area (TPSA) is 99.4 Å². The standard InChI is InChI=1S/C32H26ClF3N4O4/c1-32(2)16-43-15-26(32)40-25-11-17(31(41)42)6-8-24(25)37-28(40)12-19-10-22(35)20(13-21(19)34)23-4-3-5-29(38-23)44-14-18-7-9-27(33)39-30(18)36/h3-11,13,26H,12,14-16H2,1-2H3,(H,41,42). The molecule has 0 bridgehead atoms. The van der Waals surface area contributed by atoms with E-state index in [-0.39, 0.29) is 63.5 Å². The Kier molecular flexibility index (Phi) is 7.77. The van der Waals surface area contributed by atoms with Crippen LogP contribution in [0.2, 0.25) is 5.15 Å². The van der Waals surface area contributed by atoms with E-state index in [0.29, 0.717) is 30.1 Å². The number of aromatic nitrogens is 4. The van der Waals surface area contributed by atoms with Crippen molar-refractivity contribution in [2.75, 3.05) is 13.2 Å². The Morgan fingerprint density at radius 3 is 2.59 bits per heavy atom. The number of carboxylic acid groups (broad SMARTS) is 1. The fraction of sp³-hybridized carbons (Fsp3) is 0.250. The largest absolute Gasteiger partial charge is 0.478 e. The molecule has 2 aromatic carbocycles. The van der Waals surface area contributed by atoms with Gasteiger partial charge >= 0.3 is 5.97 Å². The molecule has 1 aliphatic rings. The monoisotopic (exact) mass is 622 g/mol. The highest BCUT2D eigenvalue weighted by Crippen LogP contribution is 2.40. The van der Waals surface area contributed by atoms with Crippen molar-refractivity contribution in [3.63, 3.8) is 0 Å². The van der Waals surface area contributed by atoms with Crippen molar-refractivity contribution in [2.24, 2.45) is 5.41 Å². The molecule has 44 heavy (non-hydrogen) atoms. The summed E-state index contributed by atoms with van der Waals surface area (Å²) >= 11 is 5.69. The minimum atomic E-state index is -1.08. The number of carbonyl (C=O) groups is 1. The number of hydrogen-bond donors (Lipinski definition) is 1. The molecule has 1 N–H and O–H groups in total. The average molecular weight is 623 g/mol. The van der Waals surface area contributed by atoms with Crippen molar-refractivity contribution in [1.29, 1.82) is 0 Å². The predicted molar refractivity (Wildman–Crippen MR) is 156 cm³/mol. The number of halogens is 4. The Bertz CT molecular complexity index is 1910. The first-order valence-electron chi connectivity index (χ1n) is 13.7. The average Bonchev–Trinajstić information content (AvgIpc) is 3.51. The lowest BCUT2D eigenvalue weighted by Gasteiger charge is -2.28. The maximum Gasteiger partial charge on any atom is 0.335 e. The molecule has 1 fully saturated rings. The Labute approximate surface area is 255 Å². The summed E-state index contributed by atoms with van der Waals surface area (Å²) < 4.78 is 58.4. The van der Waals surface area contributed by atoms with Gasteiger partial charge in [-0.15, -0.1) is 0 Å². The van der Waals surface area contributed by atoms with Gasteiger partial charge in [-0.05, 0) is 54.1 Å². The van der Waals surface area contributed by atoms with E-state index in [2.05, 4.69) is 9.97 Å². The van der Waals surface area contributed by atoms with Crippen LogP contribution in [-0.2, 0) is 17.8 Å². The molecule has 0 saturated carbocycles. The second-order valence-corrected chi connectivity index (χ2v) is 11.6. The van der Waals surface area contributed by atoms with Crippen LogP contribution >= 0.6 is 11.6 Å². The molecule has 8 nitrogen and oxygen atoms in total. The molecule has 0 aliphatic carbocycles. The van der Waals surface area contributed by atoms with E-state index in [1.807, 2.05) is 18.4 Å². The summed E-state index contributed by atoms with van der Waals surface area (Å²) in [7, 11) is 0. The van der Waals surface area contributed by atoms with Crippen LogP contribution in [0, 0.1) is 23.0 Å². The molecule has 1 saturated heterocycles. The molecule has 6 rings (SSSR count). The normalized spacial score (nSPS) is 16.0. The lowest BCUT2D eigenvalue weighted by molar-refractivity contribution is 0.0697. The lowest BCUT2D eigenvalue weighted by atomic mass is 9.87. The second kappa shape index (κ2) is 11.5. The van der Waals surface area contributed by atoms with Crippen LogP contribution in [0.15, 0.2) is 60.7 Å². The molecule has 1 atom stereocenters. The molecule has 0 spiro atoms. The molecule has 3 aromatic heterocycles. The highest BCUT2D eigenvalue weighted by molar-refractivity contribution is 6.29. The van der Waals surface area contributed by atoms with Crippen LogP contribution in [0.3, 0.4) is 0 Å². The number of aromatic carboxylic acids is 1. The summed E-state index contributed by atoms with van der Waals surface area (Å²) in [4.78, 5) is 24.2. The van der Waals surface area contributed by atoms with Crippen molar-refractivity contribution in [1.82, 2.24) is 19.5 Å². The zero-order valence-electron chi connectivity index (χ0n) is 23.7. The van der Waals surface area contributed by atoms with Gasteiger partial charge in [-0.3, -0.25) is 0 Å². The van der Waals surface area contributed by atoms with E-state index in [0.717, 1.165) is 12.1 Å². The third-order valence-corrected chi connectivity index (χ3v) is 7.94. The van der Waals surface area contributed by atoms with Gasteiger partial charge in [0.15, 0.2) is 0 Å². The van der Waals surface area contributed by atoms with Crippen LogP contribution < -0.4 is 4.74 Å². The number of carboxylic acids is 1. The van der Waals surface area contributed by atoms with Gasteiger partial charge in [-0.2, -0.15) is 4.39 Å². The molecular weight excluding hydrogens is 597 g/mol. The molecule has 0 radical (unpaired) electrons. The van der Waals surface area contributed by atoms with Gasteiger partial charge in [-0.25, -0.2) is 28.5 Å². The maximum absolute atomic E-state index is 15.6.